The van der Waals surface area contributed by atoms with E-state index >= 15 is 0 Å². The Morgan fingerprint density at radius 1 is 0.300 bits per heavy atom. The SMILES string of the molecule is CCC(C)CC1(CC(C)CC)c2ccccc2-c2ccc(-c3ccc4c(c3)C(CC(C)CC)(CC(C)CC)c3cc(-c5ccc6c(c5)C(CC(C)CC)(CC(C)CC)c5cc(Br)ccc5-6)ccc3-4)cc21. The average molecular weight is 994 g/mol. The van der Waals surface area contributed by atoms with Crippen LogP contribution in [0.5, 0.6) is 0 Å². The molecule has 0 aromatic heterocycles. The van der Waals surface area contributed by atoms with E-state index < -0.39 is 0 Å². The lowest BCUT2D eigenvalue weighted by atomic mass is 9.65. The number of hydrogen-bond donors (Lipinski definition) is 0. The molecule has 0 saturated heterocycles. The Bertz CT molecular complexity index is 2800. The minimum absolute atomic E-state index is 0.0158. The molecular formula is C69H85Br. The fraction of sp³-hybridized carbons (Fsp3) is 0.478. The Hall–Kier alpha value is -4.20. The van der Waals surface area contributed by atoms with Crippen molar-refractivity contribution in [3.63, 3.8) is 0 Å². The molecule has 0 nitrogen and oxygen atoms in total. The summed E-state index contributed by atoms with van der Waals surface area (Å²) in [7, 11) is 0. The summed E-state index contributed by atoms with van der Waals surface area (Å²) in [6, 6.07) is 47.1. The maximum Gasteiger partial charge on any atom is 0.0220 e. The fourth-order valence-electron chi connectivity index (χ4n) is 14.1. The molecule has 6 aromatic rings. The molecule has 0 heterocycles. The molecule has 6 aromatic carbocycles. The van der Waals surface area contributed by atoms with Crippen molar-refractivity contribution in [2.75, 3.05) is 0 Å². The number of benzene rings is 6. The van der Waals surface area contributed by atoms with Gasteiger partial charge in [0.1, 0.15) is 0 Å². The topological polar surface area (TPSA) is 0 Å². The van der Waals surface area contributed by atoms with Gasteiger partial charge < -0.3 is 0 Å². The minimum Gasteiger partial charge on any atom is -0.0651 e. The molecule has 0 fully saturated rings. The van der Waals surface area contributed by atoms with Crippen LogP contribution in [-0.2, 0) is 16.2 Å². The first-order valence-electron chi connectivity index (χ1n) is 28.2. The zero-order valence-corrected chi connectivity index (χ0v) is 46.9. The predicted octanol–water partition coefficient (Wildman–Crippen LogP) is 21.2. The van der Waals surface area contributed by atoms with E-state index in [0.29, 0.717) is 35.5 Å². The van der Waals surface area contributed by atoms with Crippen molar-refractivity contribution in [1.82, 2.24) is 0 Å². The second kappa shape index (κ2) is 20.4. The van der Waals surface area contributed by atoms with Gasteiger partial charge in [-0.15, -0.1) is 0 Å². The summed E-state index contributed by atoms with van der Waals surface area (Å²) in [5.74, 6) is 3.72. The van der Waals surface area contributed by atoms with Crippen LogP contribution < -0.4 is 0 Å². The van der Waals surface area contributed by atoms with Crippen molar-refractivity contribution >= 4 is 15.9 Å². The van der Waals surface area contributed by atoms with Crippen molar-refractivity contribution < 1.29 is 0 Å². The van der Waals surface area contributed by atoms with E-state index in [9.17, 15) is 0 Å². The van der Waals surface area contributed by atoms with Gasteiger partial charge in [0.25, 0.3) is 0 Å². The largest absolute Gasteiger partial charge is 0.0651 e. The van der Waals surface area contributed by atoms with Gasteiger partial charge in [-0.05, 0) is 199 Å². The molecule has 3 aliphatic carbocycles. The molecule has 0 spiro atoms. The molecule has 0 N–H and O–H groups in total. The molecule has 0 amide bonds. The van der Waals surface area contributed by atoms with Gasteiger partial charge in [0.15, 0.2) is 0 Å². The standard InChI is InChI=1S/C69H85Br/c1-13-44(7)38-67(39-45(8)14-2)61-22-20-19-21-55(61)56-28-23-50(33-62(56)67)51-24-29-57-58-30-25-52(35-64(58)68(63(57)34-51,40-46(9)15-3)41-47(10)16-4)53-26-31-59-60-32-27-54(70)37-66(60)69(65(59)36-53,42-48(11)17-5)43-49(12)18-6/h19-37,44-49H,13-18,38-43H2,1-12H3. The Balaban J connectivity index is 1.20. The molecule has 6 unspecified atom stereocenters. The van der Waals surface area contributed by atoms with Gasteiger partial charge in [-0.2, -0.15) is 0 Å². The second-order valence-electron chi connectivity index (χ2n) is 23.8. The van der Waals surface area contributed by atoms with E-state index in [0.717, 1.165) is 12.8 Å². The Morgan fingerprint density at radius 2 is 0.543 bits per heavy atom. The maximum atomic E-state index is 3.93. The van der Waals surface area contributed by atoms with E-state index in [-0.39, 0.29) is 16.2 Å². The summed E-state index contributed by atoms with van der Waals surface area (Å²) >= 11 is 3.93. The van der Waals surface area contributed by atoms with Crippen LogP contribution in [0.1, 0.15) is 194 Å². The smallest absolute Gasteiger partial charge is 0.0220 e. The number of hydrogen-bond acceptors (Lipinski definition) is 0. The highest BCUT2D eigenvalue weighted by atomic mass is 79.9. The normalized spacial score (nSPS) is 22.0. The first-order chi connectivity index (χ1) is 33.7. The lowest BCUT2D eigenvalue weighted by molar-refractivity contribution is 0.308. The van der Waals surface area contributed by atoms with Crippen molar-refractivity contribution in [2.45, 2.75) is 176 Å². The van der Waals surface area contributed by atoms with Crippen molar-refractivity contribution in [3.8, 4) is 55.6 Å². The van der Waals surface area contributed by atoms with Crippen LogP contribution in [0.15, 0.2) is 120 Å². The Morgan fingerprint density at radius 3 is 0.843 bits per heavy atom. The molecular weight excluding hydrogens is 909 g/mol. The van der Waals surface area contributed by atoms with Crippen LogP contribution in [0, 0.1) is 35.5 Å². The van der Waals surface area contributed by atoms with Crippen molar-refractivity contribution in [2.24, 2.45) is 35.5 Å². The number of halogens is 1. The third-order valence-electron chi connectivity index (χ3n) is 19.0. The summed E-state index contributed by atoms with van der Waals surface area (Å²) in [4.78, 5) is 0. The summed E-state index contributed by atoms with van der Waals surface area (Å²) in [5.41, 5.74) is 23.4. The molecule has 6 atom stereocenters. The van der Waals surface area contributed by atoms with Crippen molar-refractivity contribution in [1.29, 1.82) is 0 Å². The van der Waals surface area contributed by atoms with E-state index in [1.807, 2.05) is 0 Å². The molecule has 0 saturated carbocycles. The highest BCUT2D eigenvalue weighted by Gasteiger charge is 2.48. The van der Waals surface area contributed by atoms with Gasteiger partial charge in [0.05, 0.1) is 0 Å². The summed E-state index contributed by atoms with van der Waals surface area (Å²) < 4.78 is 1.19. The van der Waals surface area contributed by atoms with Gasteiger partial charge in [-0.1, -0.05) is 216 Å². The Kier molecular flexibility index (Phi) is 14.8. The molecule has 0 radical (unpaired) electrons. The number of rotatable bonds is 20. The van der Waals surface area contributed by atoms with Gasteiger partial charge >= 0.3 is 0 Å². The van der Waals surface area contributed by atoms with E-state index in [1.54, 1.807) is 27.8 Å². The molecule has 3 aliphatic rings. The molecule has 9 rings (SSSR count). The second-order valence-corrected chi connectivity index (χ2v) is 24.7. The monoisotopic (exact) mass is 993 g/mol. The van der Waals surface area contributed by atoms with Crippen LogP contribution >= 0.6 is 15.9 Å². The van der Waals surface area contributed by atoms with Gasteiger partial charge in [-0.3, -0.25) is 0 Å². The third kappa shape index (κ3) is 8.73. The van der Waals surface area contributed by atoms with E-state index in [4.69, 9.17) is 0 Å². The summed E-state index contributed by atoms with van der Waals surface area (Å²) in [6.45, 7) is 29.3. The van der Waals surface area contributed by atoms with Crippen LogP contribution in [0.3, 0.4) is 0 Å². The van der Waals surface area contributed by atoms with E-state index in [2.05, 4.69) is 214 Å². The van der Waals surface area contributed by atoms with Crippen LogP contribution in [0.4, 0.5) is 0 Å². The molecule has 0 aliphatic heterocycles. The zero-order chi connectivity index (χ0) is 49.7. The first-order valence-corrected chi connectivity index (χ1v) is 29.0. The predicted molar refractivity (Wildman–Crippen MR) is 308 cm³/mol. The van der Waals surface area contributed by atoms with Crippen molar-refractivity contribution in [3.05, 3.63) is 153 Å². The molecule has 1 heteroatoms. The average Bonchev–Trinajstić information content (AvgIpc) is 3.90. The molecule has 70 heavy (non-hydrogen) atoms. The first kappa shape index (κ1) is 50.7. The fourth-order valence-corrected chi connectivity index (χ4v) is 14.5. The van der Waals surface area contributed by atoms with Gasteiger partial charge in [0.2, 0.25) is 0 Å². The third-order valence-corrected chi connectivity index (χ3v) is 19.5. The minimum atomic E-state index is -0.0819. The lowest BCUT2D eigenvalue weighted by Gasteiger charge is -2.38. The summed E-state index contributed by atoms with van der Waals surface area (Å²) in [5, 5.41) is 0. The summed E-state index contributed by atoms with van der Waals surface area (Å²) in [6.07, 6.45) is 14.2. The number of fused-ring (bicyclic) bond motifs is 9. The van der Waals surface area contributed by atoms with Gasteiger partial charge in [0, 0.05) is 20.7 Å². The highest BCUT2D eigenvalue weighted by Crippen LogP contribution is 2.60. The quantitative estimate of drug-likeness (QED) is 0.0715. The molecule has 368 valence electrons. The van der Waals surface area contributed by atoms with E-state index in [1.165, 1.54) is 130 Å². The lowest BCUT2D eigenvalue weighted by Crippen LogP contribution is -2.30. The highest BCUT2D eigenvalue weighted by molar-refractivity contribution is 9.10. The Labute approximate surface area is 434 Å². The van der Waals surface area contributed by atoms with Crippen LogP contribution in [0.25, 0.3) is 55.6 Å². The van der Waals surface area contributed by atoms with Gasteiger partial charge in [-0.25, -0.2) is 0 Å². The van der Waals surface area contributed by atoms with Crippen LogP contribution in [-0.4, -0.2) is 0 Å². The van der Waals surface area contributed by atoms with Crippen LogP contribution in [0.2, 0.25) is 0 Å². The zero-order valence-electron chi connectivity index (χ0n) is 45.3. The maximum absolute atomic E-state index is 3.93. The molecule has 0 bridgehead atoms.